The molecule has 0 fully saturated rings. The third-order valence-corrected chi connectivity index (χ3v) is 3.54. The predicted molar refractivity (Wildman–Crippen MR) is 69.2 cm³/mol. The van der Waals surface area contributed by atoms with Crippen LogP contribution >= 0.6 is 23.4 Å². The van der Waals surface area contributed by atoms with E-state index in [1.165, 1.54) is 0 Å². The zero-order valence-corrected chi connectivity index (χ0v) is 11.1. The highest BCUT2D eigenvalue weighted by Gasteiger charge is 2.15. The Hall–Kier alpha value is -0.740. The molecule has 0 spiro atoms. The first kappa shape index (κ1) is 13.3. The molecule has 0 bridgehead atoms. The van der Waals surface area contributed by atoms with Crippen LogP contribution in [0.4, 0.5) is 5.69 Å². The van der Waals surface area contributed by atoms with Crippen molar-refractivity contribution in [2.24, 2.45) is 0 Å². The Morgan fingerprint density at radius 2 is 2.06 bits per heavy atom. The largest absolute Gasteiger partial charge is 0.288 e. The van der Waals surface area contributed by atoms with Crippen LogP contribution in [0.1, 0.15) is 26.3 Å². The van der Waals surface area contributed by atoms with Crippen LogP contribution in [0.15, 0.2) is 18.2 Å². The molecule has 0 saturated heterocycles. The first-order valence-corrected chi connectivity index (χ1v) is 6.23. The van der Waals surface area contributed by atoms with Crippen molar-refractivity contribution in [3.63, 3.8) is 0 Å². The topological polar surface area (TPSA) is 43.1 Å². The van der Waals surface area contributed by atoms with E-state index in [4.69, 9.17) is 11.6 Å². The van der Waals surface area contributed by atoms with Gasteiger partial charge in [-0.15, -0.1) is 0 Å². The molecular formula is C11H14ClNO2S. The third kappa shape index (κ3) is 4.02. The van der Waals surface area contributed by atoms with Crippen LogP contribution in [0.5, 0.6) is 0 Å². The summed E-state index contributed by atoms with van der Waals surface area (Å²) >= 11 is 7.48. The zero-order valence-electron chi connectivity index (χ0n) is 9.49. The first-order valence-electron chi connectivity index (χ1n) is 4.86. The highest BCUT2D eigenvalue weighted by molar-refractivity contribution is 7.99. The van der Waals surface area contributed by atoms with Gasteiger partial charge in [-0.25, -0.2) is 0 Å². The average molecular weight is 260 g/mol. The van der Waals surface area contributed by atoms with Gasteiger partial charge in [0.1, 0.15) is 5.02 Å². The van der Waals surface area contributed by atoms with Gasteiger partial charge < -0.3 is 0 Å². The second-order valence-corrected chi connectivity index (χ2v) is 6.65. The van der Waals surface area contributed by atoms with Gasteiger partial charge in [0.2, 0.25) is 0 Å². The Morgan fingerprint density at radius 1 is 1.44 bits per heavy atom. The van der Waals surface area contributed by atoms with Crippen molar-refractivity contribution in [2.45, 2.75) is 31.3 Å². The maximum Gasteiger partial charge on any atom is 0.288 e. The molecule has 16 heavy (non-hydrogen) atoms. The number of halogens is 1. The van der Waals surface area contributed by atoms with E-state index < -0.39 is 4.92 Å². The van der Waals surface area contributed by atoms with Gasteiger partial charge in [-0.3, -0.25) is 10.1 Å². The number of nitro benzene ring substituents is 1. The van der Waals surface area contributed by atoms with Crippen molar-refractivity contribution in [2.75, 3.05) is 0 Å². The number of benzene rings is 1. The van der Waals surface area contributed by atoms with E-state index in [-0.39, 0.29) is 15.5 Å². The SMILES string of the molecule is CC(C)(C)SCc1ccc(Cl)c([N+](=O)[O-])c1. The number of nitrogens with zero attached hydrogens (tertiary/aromatic N) is 1. The standard InChI is InChI=1S/C11H14ClNO2S/c1-11(2,3)16-7-8-4-5-9(12)10(6-8)13(14)15/h4-6H,7H2,1-3H3. The number of hydrogen-bond acceptors (Lipinski definition) is 3. The molecule has 3 nitrogen and oxygen atoms in total. The monoisotopic (exact) mass is 259 g/mol. The van der Waals surface area contributed by atoms with Gasteiger partial charge in [0.25, 0.3) is 5.69 Å². The molecule has 0 heterocycles. The van der Waals surface area contributed by atoms with Crippen LogP contribution in [0.25, 0.3) is 0 Å². The first-order chi connectivity index (χ1) is 7.29. The molecule has 1 rings (SSSR count). The summed E-state index contributed by atoms with van der Waals surface area (Å²) in [5, 5.41) is 10.9. The maximum atomic E-state index is 10.7. The summed E-state index contributed by atoms with van der Waals surface area (Å²) in [4.78, 5) is 10.2. The lowest BCUT2D eigenvalue weighted by atomic mass is 10.2. The smallest absolute Gasteiger partial charge is 0.258 e. The molecule has 0 aliphatic heterocycles. The van der Waals surface area contributed by atoms with Gasteiger partial charge in [0, 0.05) is 16.6 Å². The minimum Gasteiger partial charge on any atom is -0.258 e. The molecule has 0 unspecified atom stereocenters. The van der Waals surface area contributed by atoms with Crippen molar-refractivity contribution >= 4 is 29.1 Å². The Labute approximate surface area is 104 Å². The van der Waals surface area contributed by atoms with Gasteiger partial charge in [-0.05, 0) is 11.6 Å². The fraction of sp³-hybridized carbons (Fsp3) is 0.455. The number of hydrogen-bond donors (Lipinski definition) is 0. The maximum absolute atomic E-state index is 10.7. The molecule has 0 radical (unpaired) electrons. The van der Waals surface area contributed by atoms with Crippen LogP contribution in [-0.4, -0.2) is 9.67 Å². The van der Waals surface area contributed by atoms with E-state index in [1.54, 1.807) is 23.9 Å². The van der Waals surface area contributed by atoms with Crippen molar-refractivity contribution in [1.29, 1.82) is 0 Å². The highest BCUT2D eigenvalue weighted by Crippen LogP contribution is 2.30. The predicted octanol–water partition coefficient (Wildman–Crippen LogP) is 4.28. The van der Waals surface area contributed by atoms with E-state index >= 15 is 0 Å². The lowest BCUT2D eigenvalue weighted by Gasteiger charge is -2.17. The minimum atomic E-state index is -0.451. The molecule has 1 aromatic carbocycles. The van der Waals surface area contributed by atoms with Gasteiger partial charge in [0.05, 0.1) is 4.92 Å². The summed E-state index contributed by atoms with van der Waals surface area (Å²) in [6.07, 6.45) is 0. The summed E-state index contributed by atoms with van der Waals surface area (Å²) in [5.74, 6) is 0.751. The number of thioether (sulfide) groups is 1. The fourth-order valence-electron chi connectivity index (χ4n) is 1.09. The van der Waals surface area contributed by atoms with E-state index in [9.17, 15) is 10.1 Å². The summed E-state index contributed by atoms with van der Waals surface area (Å²) in [5.41, 5.74) is 0.907. The minimum absolute atomic E-state index is 0.0197. The highest BCUT2D eigenvalue weighted by atomic mass is 35.5. The molecule has 0 amide bonds. The Bertz CT molecular complexity index is 401. The molecule has 0 atom stereocenters. The average Bonchev–Trinajstić information content (AvgIpc) is 2.14. The molecule has 0 saturated carbocycles. The molecule has 0 aliphatic rings. The normalized spacial score (nSPS) is 11.5. The van der Waals surface area contributed by atoms with Gasteiger partial charge in [0.15, 0.2) is 0 Å². The molecule has 88 valence electrons. The van der Waals surface area contributed by atoms with Gasteiger partial charge in [-0.2, -0.15) is 11.8 Å². The fourth-order valence-corrected chi connectivity index (χ4v) is 2.05. The molecule has 0 N–H and O–H groups in total. The Balaban J connectivity index is 2.83. The summed E-state index contributed by atoms with van der Waals surface area (Å²) in [6, 6.07) is 4.95. The molecule has 0 aliphatic carbocycles. The molecular weight excluding hydrogens is 246 g/mol. The molecule has 1 aromatic rings. The summed E-state index contributed by atoms with van der Waals surface area (Å²) in [6.45, 7) is 6.34. The van der Waals surface area contributed by atoms with E-state index in [0.29, 0.717) is 0 Å². The van der Waals surface area contributed by atoms with Gasteiger partial charge in [-0.1, -0.05) is 38.4 Å². The van der Waals surface area contributed by atoms with Gasteiger partial charge >= 0.3 is 0 Å². The summed E-state index contributed by atoms with van der Waals surface area (Å²) in [7, 11) is 0. The lowest BCUT2D eigenvalue weighted by molar-refractivity contribution is -0.384. The zero-order chi connectivity index (χ0) is 12.3. The van der Waals surface area contributed by atoms with Crippen molar-refractivity contribution in [3.8, 4) is 0 Å². The van der Waals surface area contributed by atoms with Crippen LogP contribution < -0.4 is 0 Å². The van der Waals surface area contributed by atoms with Crippen molar-refractivity contribution in [3.05, 3.63) is 38.9 Å². The van der Waals surface area contributed by atoms with E-state index in [2.05, 4.69) is 20.8 Å². The molecule has 5 heteroatoms. The third-order valence-electron chi connectivity index (χ3n) is 1.88. The second kappa shape index (κ2) is 5.06. The second-order valence-electron chi connectivity index (χ2n) is 4.44. The number of rotatable bonds is 3. The van der Waals surface area contributed by atoms with Crippen molar-refractivity contribution in [1.82, 2.24) is 0 Å². The Morgan fingerprint density at radius 3 is 2.56 bits per heavy atom. The molecule has 0 aromatic heterocycles. The quantitative estimate of drug-likeness (QED) is 0.601. The lowest BCUT2D eigenvalue weighted by Crippen LogP contribution is -2.07. The summed E-state index contributed by atoms with van der Waals surface area (Å²) < 4.78 is 0.147. The van der Waals surface area contributed by atoms with Crippen LogP contribution in [0, 0.1) is 10.1 Å². The van der Waals surface area contributed by atoms with Crippen molar-refractivity contribution < 1.29 is 4.92 Å². The van der Waals surface area contributed by atoms with Crippen LogP contribution in [0.2, 0.25) is 5.02 Å². The van der Waals surface area contributed by atoms with Crippen LogP contribution in [0.3, 0.4) is 0 Å². The number of nitro groups is 1. The van der Waals surface area contributed by atoms with Crippen LogP contribution in [-0.2, 0) is 5.75 Å². The Kier molecular flexibility index (Phi) is 4.21. The van der Waals surface area contributed by atoms with E-state index in [0.717, 1.165) is 11.3 Å². The van der Waals surface area contributed by atoms with E-state index in [1.807, 2.05) is 6.07 Å².